The lowest BCUT2D eigenvalue weighted by atomic mass is 10.2. The van der Waals surface area contributed by atoms with Crippen molar-refractivity contribution >= 4 is 51.9 Å². The molecule has 1 heterocycles. The molecule has 0 amide bonds. The zero-order chi connectivity index (χ0) is 9.42. The molecule has 0 atom stereocenters. The van der Waals surface area contributed by atoms with Crippen molar-refractivity contribution in [2.75, 3.05) is 0 Å². The van der Waals surface area contributed by atoms with E-state index in [2.05, 4.69) is 12.6 Å². The van der Waals surface area contributed by atoms with Crippen LogP contribution in [0, 0.1) is 0 Å². The highest BCUT2D eigenvalue weighted by Gasteiger charge is 2.10. The number of thiophene rings is 1. The fraction of sp³-hybridized carbons (Fsp3) is 0. The molecule has 13 heavy (non-hydrogen) atoms. The second-order valence-corrected chi connectivity index (χ2v) is 4.76. The van der Waals surface area contributed by atoms with E-state index in [1.54, 1.807) is 6.07 Å². The van der Waals surface area contributed by atoms with Gasteiger partial charge in [-0.15, -0.1) is 24.0 Å². The van der Waals surface area contributed by atoms with Crippen LogP contribution in [0.3, 0.4) is 0 Å². The van der Waals surface area contributed by atoms with E-state index < -0.39 is 0 Å². The van der Waals surface area contributed by atoms with Crippen molar-refractivity contribution in [1.29, 1.82) is 0 Å². The van der Waals surface area contributed by atoms with Gasteiger partial charge in [-0.05, 0) is 12.1 Å². The summed E-state index contributed by atoms with van der Waals surface area (Å²) in [5.41, 5.74) is 0.592. The minimum Gasteiger partial charge on any atom is -0.298 e. The van der Waals surface area contributed by atoms with Crippen molar-refractivity contribution in [3.05, 3.63) is 28.8 Å². The average molecular weight is 229 g/mol. The number of aldehydes is 1. The molecule has 0 aliphatic carbocycles. The summed E-state index contributed by atoms with van der Waals surface area (Å²) >= 11 is 11.6. The third-order valence-electron chi connectivity index (χ3n) is 1.80. The SMILES string of the molecule is O=Cc1c(S)sc2cccc(Cl)c12. The van der Waals surface area contributed by atoms with Crippen LogP contribution in [0.25, 0.3) is 10.1 Å². The van der Waals surface area contributed by atoms with Gasteiger partial charge in [0.1, 0.15) is 0 Å². The van der Waals surface area contributed by atoms with Gasteiger partial charge in [0.25, 0.3) is 0 Å². The first kappa shape index (κ1) is 9.06. The molecule has 0 saturated heterocycles. The molecule has 0 aliphatic rings. The Morgan fingerprint density at radius 1 is 1.46 bits per heavy atom. The summed E-state index contributed by atoms with van der Waals surface area (Å²) in [5.74, 6) is 0. The average Bonchev–Trinajstić information content (AvgIpc) is 2.42. The summed E-state index contributed by atoms with van der Waals surface area (Å²) in [6.45, 7) is 0. The maximum Gasteiger partial charge on any atom is 0.152 e. The van der Waals surface area contributed by atoms with E-state index in [4.69, 9.17) is 11.6 Å². The van der Waals surface area contributed by atoms with Gasteiger partial charge in [0.05, 0.1) is 9.23 Å². The maximum absolute atomic E-state index is 10.8. The number of halogens is 1. The number of carbonyl (C=O) groups excluding carboxylic acids is 1. The van der Waals surface area contributed by atoms with Crippen molar-refractivity contribution in [2.24, 2.45) is 0 Å². The quantitative estimate of drug-likeness (QED) is 0.582. The predicted molar refractivity (Wildman–Crippen MR) is 59.5 cm³/mol. The van der Waals surface area contributed by atoms with E-state index in [0.29, 0.717) is 10.6 Å². The van der Waals surface area contributed by atoms with Gasteiger partial charge < -0.3 is 0 Å². The fourth-order valence-corrected chi connectivity index (χ4v) is 2.96. The van der Waals surface area contributed by atoms with Gasteiger partial charge in [-0.1, -0.05) is 17.7 Å². The Kier molecular flexibility index (Phi) is 2.32. The highest BCUT2D eigenvalue weighted by molar-refractivity contribution is 7.83. The molecule has 4 heteroatoms. The molecular weight excluding hydrogens is 224 g/mol. The fourth-order valence-electron chi connectivity index (χ4n) is 1.23. The molecule has 2 rings (SSSR count). The first-order valence-electron chi connectivity index (χ1n) is 3.59. The molecule has 0 aliphatic heterocycles. The summed E-state index contributed by atoms with van der Waals surface area (Å²) < 4.78 is 1.72. The number of carbonyl (C=O) groups is 1. The molecule has 0 radical (unpaired) electrons. The number of thiol groups is 1. The van der Waals surface area contributed by atoms with Crippen molar-refractivity contribution in [1.82, 2.24) is 0 Å². The number of hydrogen-bond acceptors (Lipinski definition) is 3. The molecular formula is C9H5ClOS2. The van der Waals surface area contributed by atoms with E-state index in [1.807, 2.05) is 12.1 Å². The van der Waals surface area contributed by atoms with Crippen molar-refractivity contribution in [3.63, 3.8) is 0 Å². The monoisotopic (exact) mass is 228 g/mol. The van der Waals surface area contributed by atoms with Crippen LogP contribution in [0.2, 0.25) is 5.02 Å². The normalized spacial score (nSPS) is 10.6. The summed E-state index contributed by atoms with van der Waals surface area (Å²) in [7, 11) is 0. The third kappa shape index (κ3) is 1.37. The van der Waals surface area contributed by atoms with Crippen LogP contribution in [0.4, 0.5) is 0 Å². The largest absolute Gasteiger partial charge is 0.298 e. The smallest absolute Gasteiger partial charge is 0.152 e. The highest BCUT2D eigenvalue weighted by Crippen LogP contribution is 2.36. The molecule has 0 unspecified atom stereocenters. The first-order chi connectivity index (χ1) is 6.24. The van der Waals surface area contributed by atoms with Gasteiger partial charge in [-0.2, -0.15) is 0 Å². The lowest BCUT2D eigenvalue weighted by Crippen LogP contribution is -1.77. The Labute approximate surface area is 89.7 Å². The summed E-state index contributed by atoms with van der Waals surface area (Å²) in [6, 6.07) is 5.57. The Hall–Kier alpha value is -0.510. The summed E-state index contributed by atoms with van der Waals surface area (Å²) in [6.07, 6.45) is 0.799. The van der Waals surface area contributed by atoms with Gasteiger partial charge in [0.15, 0.2) is 6.29 Å². The van der Waals surface area contributed by atoms with Crippen molar-refractivity contribution in [3.8, 4) is 0 Å². The first-order valence-corrected chi connectivity index (χ1v) is 5.23. The van der Waals surface area contributed by atoms with E-state index in [-0.39, 0.29) is 0 Å². The van der Waals surface area contributed by atoms with Crippen molar-refractivity contribution in [2.45, 2.75) is 4.21 Å². The molecule has 1 aromatic heterocycles. The van der Waals surface area contributed by atoms with Crippen LogP contribution in [0.5, 0.6) is 0 Å². The molecule has 0 fully saturated rings. The lowest BCUT2D eigenvalue weighted by Gasteiger charge is -1.93. The number of benzene rings is 1. The number of fused-ring (bicyclic) bond motifs is 1. The van der Waals surface area contributed by atoms with E-state index in [9.17, 15) is 4.79 Å². The molecule has 0 N–H and O–H groups in total. The molecule has 1 nitrogen and oxygen atoms in total. The molecule has 0 saturated carbocycles. The van der Waals surface area contributed by atoms with Crippen LogP contribution in [0.1, 0.15) is 10.4 Å². The highest BCUT2D eigenvalue weighted by atomic mass is 35.5. The molecule has 0 spiro atoms. The van der Waals surface area contributed by atoms with Crippen LogP contribution < -0.4 is 0 Å². The minimum absolute atomic E-state index is 0.592. The number of rotatable bonds is 1. The summed E-state index contributed by atoms with van der Waals surface area (Å²) in [5, 5.41) is 1.42. The zero-order valence-electron chi connectivity index (χ0n) is 6.45. The topological polar surface area (TPSA) is 17.1 Å². The van der Waals surface area contributed by atoms with E-state index >= 15 is 0 Å². The standard InChI is InChI=1S/C9H5ClOS2/c10-6-2-1-3-7-8(6)5(4-11)9(12)13-7/h1-4,12H. The van der Waals surface area contributed by atoms with Crippen LogP contribution in [-0.4, -0.2) is 6.29 Å². The van der Waals surface area contributed by atoms with Gasteiger partial charge in [0.2, 0.25) is 0 Å². The Morgan fingerprint density at radius 3 is 2.92 bits per heavy atom. The molecule has 2 aromatic rings. The Morgan fingerprint density at radius 2 is 2.23 bits per heavy atom. The van der Waals surface area contributed by atoms with Gasteiger partial charge in [0, 0.05) is 15.6 Å². The van der Waals surface area contributed by atoms with Gasteiger partial charge in [-0.3, -0.25) is 4.79 Å². The van der Waals surface area contributed by atoms with Crippen LogP contribution in [0.15, 0.2) is 22.4 Å². The maximum atomic E-state index is 10.8. The third-order valence-corrected chi connectivity index (χ3v) is 3.60. The van der Waals surface area contributed by atoms with Crippen molar-refractivity contribution < 1.29 is 4.79 Å². The molecule has 1 aromatic carbocycles. The van der Waals surface area contributed by atoms with E-state index in [0.717, 1.165) is 20.6 Å². The predicted octanol–water partition coefficient (Wildman–Crippen LogP) is 3.66. The van der Waals surface area contributed by atoms with Gasteiger partial charge in [-0.25, -0.2) is 0 Å². The number of hydrogen-bond donors (Lipinski definition) is 1. The molecule has 0 bridgehead atoms. The van der Waals surface area contributed by atoms with E-state index in [1.165, 1.54) is 11.3 Å². The second-order valence-electron chi connectivity index (χ2n) is 2.55. The zero-order valence-corrected chi connectivity index (χ0v) is 8.92. The van der Waals surface area contributed by atoms with Gasteiger partial charge >= 0.3 is 0 Å². The van der Waals surface area contributed by atoms with Crippen LogP contribution in [-0.2, 0) is 0 Å². The Bertz CT molecular complexity index is 476. The molecule has 66 valence electrons. The summed E-state index contributed by atoms with van der Waals surface area (Å²) in [4.78, 5) is 10.8. The Balaban J connectivity index is 2.96. The second kappa shape index (κ2) is 3.33. The lowest BCUT2D eigenvalue weighted by molar-refractivity contribution is 0.112. The van der Waals surface area contributed by atoms with Crippen LogP contribution >= 0.6 is 35.6 Å². The minimum atomic E-state index is 0.592.